The lowest BCUT2D eigenvalue weighted by molar-refractivity contribution is -0.116. The van der Waals surface area contributed by atoms with Gasteiger partial charge in [-0.05, 0) is 25.5 Å². The van der Waals surface area contributed by atoms with E-state index in [0.29, 0.717) is 5.69 Å². The zero-order chi connectivity index (χ0) is 10.9. The summed E-state index contributed by atoms with van der Waals surface area (Å²) in [5.74, 6) is -0.151. The lowest BCUT2D eigenvalue weighted by atomic mass is 10.2. The highest BCUT2D eigenvalue weighted by Gasteiger charge is 2.12. The molecule has 14 heavy (non-hydrogen) atoms. The maximum atomic E-state index is 11.6. The summed E-state index contributed by atoms with van der Waals surface area (Å²) in [5, 5.41) is 0. The van der Waals surface area contributed by atoms with Gasteiger partial charge in [0.25, 0.3) is 5.56 Å². The Hall–Kier alpha value is -1.58. The van der Waals surface area contributed by atoms with E-state index >= 15 is 0 Å². The Morgan fingerprint density at radius 1 is 1.43 bits per heavy atom. The van der Waals surface area contributed by atoms with Gasteiger partial charge in [-0.2, -0.15) is 0 Å². The van der Waals surface area contributed by atoms with Crippen LogP contribution in [0, 0.1) is 13.8 Å². The lowest BCUT2D eigenvalue weighted by Crippen LogP contribution is -2.30. The van der Waals surface area contributed by atoms with Gasteiger partial charge in [0.2, 0.25) is 5.91 Å². The van der Waals surface area contributed by atoms with Gasteiger partial charge in [-0.25, -0.2) is 0 Å². The number of hydrogen-bond acceptors (Lipinski definition) is 2. The number of carbonyl (C=O) groups is 1. The van der Waals surface area contributed by atoms with Crippen LogP contribution in [0.1, 0.15) is 18.2 Å². The minimum atomic E-state index is -0.222. The summed E-state index contributed by atoms with van der Waals surface area (Å²) in [6, 6.07) is 1.84. The van der Waals surface area contributed by atoms with Crippen molar-refractivity contribution < 1.29 is 4.79 Å². The van der Waals surface area contributed by atoms with E-state index in [4.69, 9.17) is 0 Å². The van der Waals surface area contributed by atoms with Gasteiger partial charge in [0, 0.05) is 19.7 Å². The van der Waals surface area contributed by atoms with E-state index in [1.807, 2.05) is 19.9 Å². The number of aromatic nitrogens is 1. The maximum absolute atomic E-state index is 11.6. The Morgan fingerprint density at radius 2 is 2.00 bits per heavy atom. The van der Waals surface area contributed by atoms with Crippen LogP contribution in [0.5, 0.6) is 0 Å². The van der Waals surface area contributed by atoms with Crippen LogP contribution in [-0.4, -0.2) is 17.9 Å². The van der Waals surface area contributed by atoms with Gasteiger partial charge < -0.3 is 9.88 Å². The van der Waals surface area contributed by atoms with Gasteiger partial charge in [0.1, 0.15) is 5.69 Å². The van der Waals surface area contributed by atoms with Crippen molar-refractivity contribution in [3.05, 3.63) is 27.7 Å². The van der Waals surface area contributed by atoms with Gasteiger partial charge in [-0.15, -0.1) is 0 Å². The van der Waals surface area contributed by atoms with Crippen LogP contribution < -0.4 is 10.5 Å². The van der Waals surface area contributed by atoms with Crippen molar-refractivity contribution in [3.63, 3.8) is 0 Å². The smallest absolute Gasteiger partial charge is 0.272 e. The summed E-state index contributed by atoms with van der Waals surface area (Å²) >= 11 is 0. The third-order valence-electron chi connectivity index (χ3n) is 2.14. The van der Waals surface area contributed by atoms with Crippen molar-refractivity contribution >= 4 is 11.6 Å². The summed E-state index contributed by atoms with van der Waals surface area (Å²) in [4.78, 5) is 26.7. The zero-order valence-corrected chi connectivity index (χ0v) is 8.84. The largest absolute Gasteiger partial charge is 0.325 e. The van der Waals surface area contributed by atoms with E-state index in [-0.39, 0.29) is 11.5 Å². The fourth-order valence-corrected chi connectivity index (χ4v) is 1.42. The number of aryl methyl sites for hydroxylation is 2. The number of anilines is 1. The number of rotatable bonds is 1. The van der Waals surface area contributed by atoms with E-state index in [1.165, 1.54) is 11.8 Å². The van der Waals surface area contributed by atoms with Crippen LogP contribution in [-0.2, 0) is 4.79 Å². The monoisotopic (exact) mass is 194 g/mol. The molecule has 4 nitrogen and oxygen atoms in total. The predicted molar refractivity (Wildman–Crippen MR) is 55.6 cm³/mol. The van der Waals surface area contributed by atoms with E-state index in [2.05, 4.69) is 4.98 Å². The number of nitrogens with zero attached hydrogens (tertiary/aromatic N) is 1. The van der Waals surface area contributed by atoms with Crippen molar-refractivity contribution in [2.45, 2.75) is 20.8 Å². The Bertz CT molecular complexity index is 421. The molecule has 0 radical (unpaired) electrons. The molecule has 1 N–H and O–H groups in total. The maximum Gasteiger partial charge on any atom is 0.272 e. The molecule has 0 aliphatic rings. The number of amides is 1. The van der Waals surface area contributed by atoms with Crippen molar-refractivity contribution in [1.29, 1.82) is 0 Å². The van der Waals surface area contributed by atoms with Crippen LogP contribution in [0.2, 0.25) is 0 Å². The molecule has 0 aliphatic heterocycles. The van der Waals surface area contributed by atoms with Gasteiger partial charge in [-0.1, -0.05) is 0 Å². The second-order valence-electron chi connectivity index (χ2n) is 3.39. The standard InChI is InChI=1S/C10H14N2O2/c1-6-5-7(2)11-10(14)9(6)12(4)8(3)13/h5H,1-4H3,(H,11,14). The molecular formula is C10H14N2O2. The molecule has 4 heteroatoms. The normalized spacial score (nSPS) is 10.0. The third-order valence-corrected chi connectivity index (χ3v) is 2.14. The van der Waals surface area contributed by atoms with E-state index in [1.54, 1.807) is 7.05 Å². The quantitative estimate of drug-likeness (QED) is 0.724. The minimum absolute atomic E-state index is 0.151. The highest BCUT2D eigenvalue weighted by molar-refractivity contribution is 5.91. The first kappa shape index (κ1) is 10.5. The lowest BCUT2D eigenvalue weighted by Gasteiger charge is -2.16. The van der Waals surface area contributed by atoms with Crippen LogP contribution in [0.25, 0.3) is 0 Å². The average Bonchev–Trinajstić information content (AvgIpc) is 2.01. The van der Waals surface area contributed by atoms with Gasteiger partial charge >= 0.3 is 0 Å². The first-order valence-corrected chi connectivity index (χ1v) is 4.38. The molecule has 0 aromatic carbocycles. The van der Waals surface area contributed by atoms with Crippen molar-refractivity contribution in [3.8, 4) is 0 Å². The van der Waals surface area contributed by atoms with Crippen molar-refractivity contribution in [1.82, 2.24) is 4.98 Å². The Morgan fingerprint density at radius 3 is 2.43 bits per heavy atom. The summed E-state index contributed by atoms with van der Waals surface area (Å²) in [7, 11) is 1.59. The number of nitrogens with one attached hydrogen (secondary N) is 1. The highest BCUT2D eigenvalue weighted by atomic mass is 16.2. The summed E-state index contributed by atoms with van der Waals surface area (Å²) in [5.41, 5.74) is 1.81. The number of aromatic amines is 1. The Balaban J connectivity index is 3.35. The molecule has 0 saturated heterocycles. The SMILES string of the molecule is CC(=O)N(C)c1c(C)cc(C)[nH]c1=O. The first-order chi connectivity index (χ1) is 6.43. The van der Waals surface area contributed by atoms with Crippen molar-refractivity contribution in [2.24, 2.45) is 0 Å². The molecule has 0 atom stereocenters. The molecule has 1 aromatic rings. The van der Waals surface area contributed by atoms with Crippen molar-refractivity contribution in [2.75, 3.05) is 11.9 Å². The summed E-state index contributed by atoms with van der Waals surface area (Å²) < 4.78 is 0. The number of hydrogen-bond donors (Lipinski definition) is 1. The molecule has 0 bridgehead atoms. The van der Waals surface area contributed by atoms with Crippen LogP contribution in [0.4, 0.5) is 5.69 Å². The second-order valence-corrected chi connectivity index (χ2v) is 3.39. The van der Waals surface area contributed by atoms with E-state index < -0.39 is 0 Å². The van der Waals surface area contributed by atoms with Crippen LogP contribution >= 0.6 is 0 Å². The van der Waals surface area contributed by atoms with Crippen LogP contribution in [0.3, 0.4) is 0 Å². The summed E-state index contributed by atoms with van der Waals surface area (Å²) in [6.45, 7) is 5.06. The molecule has 0 unspecified atom stereocenters. The number of carbonyl (C=O) groups excluding carboxylic acids is 1. The molecule has 76 valence electrons. The molecule has 1 heterocycles. The molecule has 0 fully saturated rings. The molecular weight excluding hydrogens is 180 g/mol. The third kappa shape index (κ3) is 1.84. The number of H-pyrrole nitrogens is 1. The molecule has 0 aliphatic carbocycles. The fourth-order valence-electron chi connectivity index (χ4n) is 1.42. The zero-order valence-electron chi connectivity index (χ0n) is 8.84. The number of pyridine rings is 1. The summed E-state index contributed by atoms with van der Waals surface area (Å²) in [6.07, 6.45) is 0. The molecule has 0 spiro atoms. The molecule has 1 aromatic heterocycles. The van der Waals surface area contributed by atoms with Gasteiger partial charge in [-0.3, -0.25) is 9.59 Å². The average molecular weight is 194 g/mol. The Labute approximate surface area is 82.6 Å². The highest BCUT2D eigenvalue weighted by Crippen LogP contribution is 2.13. The van der Waals surface area contributed by atoms with Crippen LogP contribution in [0.15, 0.2) is 10.9 Å². The first-order valence-electron chi connectivity index (χ1n) is 4.38. The fraction of sp³-hybridized carbons (Fsp3) is 0.400. The van der Waals surface area contributed by atoms with Gasteiger partial charge in [0.15, 0.2) is 0 Å². The second kappa shape index (κ2) is 3.65. The predicted octanol–water partition coefficient (Wildman–Crippen LogP) is 0.974. The Kier molecular flexibility index (Phi) is 2.74. The minimum Gasteiger partial charge on any atom is -0.325 e. The van der Waals surface area contributed by atoms with E-state index in [0.717, 1.165) is 11.3 Å². The molecule has 1 amide bonds. The topological polar surface area (TPSA) is 53.2 Å². The molecule has 0 saturated carbocycles. The van der Waals surface area contributed by atoms with Gasteiger partial charge in [0.05, 0.1) is 0 Å². The van der Waals surface area contributed by atoms with E-state index in [9.17, 15) is 9.59 Å². The molecule has 1 rings (SSSR count).